The highest BCUT2D eigenvalue weighted by molar-refractivity contribution is 5.87. The highest BCUT2D eigenvalue weighted by atomic mass is 16.7. The van der Waals surface area contributed by atoms with Crippen LogP contribution in [0.1, 0.15) is 55.2 Å². The predicted octanol–water partition coefficient (Wildman–Crippen LogP) is 4.42. The minimum Gasteiger partial charge on any atom is -0.453 e. The second kappa shape index (κ2) is 9.95. The number of nitrogens with one attached hydrogen (secondary N) is 2. The second-order valence-electron chi connectivity index (χ2n) is 11.2. The van der Waals surface area contributed by atoms with Gasteiger partial charge in [-0.05, 0) is 65.6 Å². The molecule has 9 nitrogen and oxygen atoms in total. The van der Waals surface area contributed by atoms with E-state index < -0.39 is 17.9 Å². The van der Waals surface area contributed by atoms with Crippen LogP contribution in [0, 0.1) is 12.8 Å². The summed E-state index contributed by atoms with van der Waals surface area (Å²) < 4.78 is 16.8. The van der Waals surface area contributed by atoms with Crippen LogP contribution in [0.4, 0.5) is 4.79 Å². The fourth-order valence-corrected chi connectivity index (χ4v) is 6.38. The molecule has 0 saturated carbocycles. The third-order valence-corrected chi connectivity index (χ3v) is 8.43. The van der Waals surface area contributed by atoms with Crippen molar-refractivity contribution in [1.29, 1.82) is 0 Å². The highest BCUT2D eigenvalue weighted by Gasteiger charge is 2.44. The van der Waals surface area contributed by atoms with Crippen LogP contribution < -0.4 is 5.32 Å². The molecule has 2 atom stereocenters. The number of methoxy groups -OCH3 is 1. The number of fused-ring (bicyclic) bond motifs is 2. The van der Waals surface area contributed by atoms with Crippen LogP contribution in [0.25, 0.3) is 22.2 Å². The number of rotatable bonds is 5. The first-order valence-electron chi connectivity index (χ1n) is 13.8. The lowest BCUT2D eigenvalue weighted by molar-refractivity contribution is -0.147. The molecule has 6 rings (SSSR count). The average Bonchev–Trinajstić information content (AvgIpc) is 3.72. The number of aromatic nitrogens is 2. The number of likely N-dealkylation sites (tertiary alicyclic amines) is 1. The number of amides is 2. The van der Waals surface area contributed by atoms with Gasteiger partial charge < -0.3 is 29.4 Å². The Bertz CT molecular complexity index is 1420. The van der Waals surface area contributed by atoms with E-state index in [1.807, 2.05) is 24.8 Å². The maximum absolute atomic E-state index is 13.5. The van der Waals surface area contributed by atoms with Crippen LogP contribution in [0.5, 0.6) is 0 Å². The van der Waals surface area contributed by atoms with Gasteiger partial charge in [0.2, 0.25) is 5.91 Å². The summed E-state index contributed by atoms with van der Waals surface area (Å²) in [6.45, 7) is 7.90. The van der Waals surface area contributed by atoms with Crippen LogP contribution in [0.3, 0.4) is 0 Å². The molecule has 2 N–H and O–H groups in total. The lowest BCUT2D eigenvalue weighted by Crippen LogP contribution is -2.51. The fraction of sp³-hybridized carbons (Fsp3) is 0.500. The van der Waals surface area contributed by atoms with Gasteiger partial charge in [0, 0.05) is 19.4 Å². The number of hydrogen-bond donors (Lipinski definition) is 2. The van der Waals surface area contributed by atoms with Crippen LogP contribution in [-0.2, 0) is 31.8 Å². The van der Waals surface area contributed by atoms with Gasteiger partial charge in [-0.25, -0.2) is 9.78 Å². The summed E-state index contributed by atoms with van der Waals surface area (Å²) in [6.07, 6.45) is 2.62. The summed E-state index contributed by atoms with van der Waals surface area (Å²) in [4.78, 5) is 35.6. The van der Waals surface area contributed by atoms with Gasteiger partial charge >= 0.3 is 6.09 Å². The first-order valence-corrected chi connectivity index (χ1v) is 13.8. The van der Waals surface area contributed by atoms with Gasteiger partial charge in [-0.15, -0.1) is 0 Å². The standard InChI is InChI=1S/C30H36N4O5/c1-17(2)26(33-29(36)37-4)28(35)34-11-5-6-25(34)27-31-23-10-8-19(14-24(23)32-27)20-9-7-18(3)21-15-30(16-22(20)21)38-12-13-39-30/h7-10,14,17,25-26H,5-6,11-13,15-16H2,1-4H3,(H,31,32)(H,33,36)/t25?,26-/m0/s1. The Kier molecular flexibility index (Phi) is 6.59. The number of benzene rings is 2. The summed E-state index contributed by atoms with van der Waals surface area (Å²) in [7, 11) is 1.30. The van der Waals surface area contributed by atoms with Gasteiger partial charge in [-0.3, -0.25) is 4.79 Å². The van der Waals surface area contributed by atoms with Crippen molar-refractivity contribution in [3.8, 4) is 11.1 Å². The second-order valence-corrected chi connectivity index (χ2v) is 11.2. The molecule has 3 aliphatic rings. The third-order valence-electron chi connectivity index (χ3n) is 8.43. The molecule has 1 aromatic heterocycles. The number of alkyl carbamates (subject to hydrolysis) is 1. The van der Waals surface area contributed by atoms with Crippen molar-refractivity contribution < 1.29 is 23.8 Å². The maximum Gasteiger partial charge on any atom is 0.407 e. The number of carbonyl (C=O) groups is 2. The zero-order chi connectivity index (χ0) is 27.3. The van der Waals surface area contributed by atoms with E-state index in [4.69, 9.17) is 19.2 Å². The van der Waals surface area contributed by atoms with Crippen molar-refractivity contribution in [2.24, 2.45) is 5.92 Å². The zero-order valence-corrected chi connectivity index (χ0v) is 23.0. The molecule has 2 aromatic carbocycles. The first kappa shape index (κ1) is 25.8. The third kappa shape index (κ3) is 4.57. The molecule has 1 unspecified atom stereocenters. The minimum atomic E-state index is -0.659. The van der Waals surface area contributed by atoms with Crippen LogP contribution in [-0.4, -0.2) is 65.6 Å². The van der Waals surface area contributed by atoms with Crippen molar-refractivity contribution in [2.45, 2.75) is 64.3 Å². The molecular weight excluding hydrogens is 496 g/mol. The molecule has 2 saturated heterocycles. The van der Waals surface area contributed by atoms with E-state index in [0.29, 0.717) is 19.8 Å². The molecule has 9 heteroatoms. The predicted molar refractivity (Wildman–Crippen MR) is 146 cm³/mol. The van der Waals surface area contributed by atoms with Crippen molar-refractivity contribution >= 4 is 23.0 Å². The fourth-order valence-electron chi connectivity index (χ4n) is 6.38. The molecule has 2 aliphatic heterocycles. The molecule has 3 heterocycles. The molecule has 1 aliphatic carbocycles. The van der Waals surface area contributed by atoms with Crippen molar-refractivity contribution in [1.82, 2.24) is 20.2 Å². The normalized spacial score (nSPS) is 20.6. The van der Waals surface area contributed by atoms with Crippen LogP contribution in [0.2, 0.25) is 0 Å². The largest absolute Gasteiger partial charge is 0.453 e. The Labute approximate surface area is 228 Å². The summed E-state index contributed by atoms with van der Waals surface area (Å²) >= 11 is 0. The van der Waals surface area contributed by atoms with Gasteiger partial charge in [0.25, 0.3) is 0 Å². The number of ether oxygens (including phenoxy) is 3. The summed E-state index contributed by atoms with van der Waals surface area (Å²) in [5.41, 5.74) is 7.99. The Morgan fingerprint density at radius 1 is 1.15 bits per heavy atom. The number of nitrogens with zero attached hydrogens (tertiary/aromatic N) is 2. The number of aromatic amines is 1. The topological polar surface area (TPSA) is 106 Å². The zero-order valence-electron chi connectivity index (χ0n) is 23.0. The van der Waals surface area contributed by atoms with Crippen LogP contribution in [0.15, 0.2) is 30.3 Å². The van der Waals surface area contributed by atoms with Crippen molar-refractivity contribution in [3.63, 3.8) is 0 Å². The van der Waals surface area contributed by atoms with Crippen molar-refractivity contribution in [3.05, 3.63) is 52.8 Å². The summed E-state index contributed by atoms with van der Waals surface area (Å²) in [5, 5.41) is 2.71. The first-order chi connectivity index (χ1) is 18.8. The number of aryl methyl sites for hydroxylation is 1. The number of H-pyrrole nitrogens is 1. The molecular formula is C30H36N4O5. The SMILES string of the molecule is COC(=O)N[C@H](C(=O)N1CCCC1c1nc2ccc(-c3ccc(C)c4c3CC3(C4)OCCO3)cc2[nH]1)C(C)C. The van der Waals surface area contributed by atoms with Gasteiger partial charge in [0.1, 0.15) is 11.9 Å². The lowest BCUT2D eigenvalue weighted by atomic mass is 9.94. The monoisotopic (exact) mass is 532 g/mol. The number of imidazole rings is 1. The molecule has 0 radical (unpaired) electrons. The van der Waals surface area contributed by atoms with E-state index in [1.54, 1.807) is 0 Å². The highest BCUT2D eigenvalue weighted by Crippen LogP contribution is 2.43. The van der Waals surface area contributed by atoms with Crippen molar-refractivity contribution in [2.75, 3.05) is 26.9 Å². The van der Waals surface area contributed by atoms with Crippen LogP contribution >= 0.6 is 0 Å². The maximum atomic E-state index is 13.5. The Morgan fingerprint density at radius 2 is 1.92 bits per heavy atom. The van der Waals surface area contributed by atoms with Gasteiger partial charge in [0.15, 0.2) is 5.79 Å². The smallest absolute Gasteiger partial charge is 0.407 e. The van der Waals surface area contributed by atoms with E-state index in [-0.39, 0.29) is 17.9 Å². The summed E-state index contributed by atoms with van der Waals surface area (Å²) in [6, 6.07) is 9.85. The average molecular weight is 533 g/mol. The van der Waals surface area contributed by atoms with Gasteiger partial charge in [-0.2, -0.15) is 0 Å². The molecule has 2 amide bonds. The Balaban J connectivity index is 1.29. The molecule has 3 aromatic rings. The molecule has 1 spiro atoms. The quantitative estimate of drug-likeness (QED) is 0.504. The molecule has 0 bridgehead atoms. The Hall–Kier alpha value is -3.43. The van der Waals surface area contributed by atoms with E-state index in [2.05, 4.69) is 41.5 Å². The minimum absolute atomic E-state index is 0.0773. The Morgan fingerprint density at radius 3 is 2.67 bits per heavy atom. The van der Waals surface area contributed by atoms with E-state index in [9.17, 15) is 9.59 Å². The van der Waals surface area contributed by atoms with Gasteiger partial charge in [-0.1, -0.05) is 32.0 Å². The van der Waals surface area contributed by atoms with E-state index in [1.165, 1.54) is 29.4 Å². The van der Waals surface area contributed by atoms with E-state index in [0.717, 1.165) is 48.1 Å². The number of carbonyl (C=O) groups excluding carboxylic acids is 2. The molecule has 206 valence electrons. The lowest BCUT2D eigenvalue weighted by Gasteiger charge is -2.29. The summed E-state index contributed by atoms with van der Waals surface area (Å²) in [5.74, 6) is 0.0594. The van der Waals surface area contributed by atoms with Gasteiger partial charge in [0.05, 0.1) is 37.4 Å². The number of hydrogen-bond acceptors (Lipinski definition) is 6. The van der Waals surface area contributed by atoms with E-state index >= 15 is 0 Å². The molecule has 2 fully saturated rings. The molecule has 39 heavy (non-hydrogen) atoms.